The van der Waals surface area contributed by atoms with E-state index in [0.29, 0.717) is 19.8 Å². The van der Waals surface area contributed by atoms with Crippen molar-refractivity contribution in [3.8, 4) is 0 Å². The fraction of sp³-hybridized carbons (Fsp3) is 0.526. The van der Waals surface area contributed by atoms with Gasteiger partial charge in [0, 0.05) is 24.5 Å². The summed E-state index contributed by atoms with van der Waals surface area (Å²) in [6, 6.07) is 6.02. The molecule has 0 bridgehead atoms. The summed E-state index contributed by atoms with van der Waals surface area (Å²) in [5.41, 5.74) is 1.25. The Morgan fingerprint density at radius 3 is 2.68 bits per heavy atom. The third kappa shape index (κ3) is 4.32. The van der Waals surface area contributed by atoms with Crippen molar-refractivity contribution >= 4 is 17.2 Å². The van der Waals surface area contributed by atoms with Gasteiger partial charge in [-0.1, -0.05) is 6.92 Å². The molecular formula is C19H26N2O3S. The van der Waals surface area contributed by atoms with E-state index in [1.54, 1.807) is 11.3 Å². The van der Waals surface area contributed by atoms with Crippen molar-refractivity contribution in [1.82, 2.24) is 10.2 Å². The van der Waals surface area contributed by atoms with Crippen LogP contribution in [0.2, 0.25) is 0 Å². The molecule has 0 saturated carbocycles. The Labute approximate surface area is 153 Å². The Bertz CT molecular complexity index is 716. The van der Waals surface area contributed by atoms with E-state index in [1.165, 1.54) is 10.4 Å². The number of rotatable bonds is 6. The standard InChI is InChI=1S/C19H26N2O3S/c1-4-15-11-18(25-14(15)3)19(22)20-12-16(17-6-5-13(2)24-17)21-7-9-23-10-8-21/h5-6,11,16H,4,7-10,12H2,1-3H3,(H,20,22). The maximum atomic E-state index is 12.6. The van der Waals surface area contributed by atoms with Crippen molar-refractivity contribution in [1.29, 1.82) is 0 Å². The molecule has 1 amide bonds. The zero-order valence-corrected chi connectivity index (χ0v) is 15.9. The summed E-state index contributed by atoms with van der Waals surface area (Å²) in [5.74, 6) is 1.78. The molecule has 0 radical (unpaired) electrons. The van der Waals surface area contributed by atoms with E-state index in [4.69, 9.17) is 9.15 Å². The van der Waals surface area contributed by atoms with Crippen molar-refractivity contribution in [2.24, 2.45) is 0 Å². The third-order valence-corrected chi connectivity index (χ3v) is 5.75. The van der Waals surface area contributed by atoms with Crippen LogP contribution >= 0.6 is 11.3 Å². The highest BCUT2D eigenvalue weighted by Gasteiger charge is 2.26. The van der Waals surface area contributed by atoms with Crippen LogP contribution in [0.25, 0.3) is 0 Å². The zero-order chi connectivity index (χ0) is 17.8. The first-order chi connectivity index (χ1) is 12.1. The summed E-state index contributed by atoms with van der Waals surface area (Å²) >= 11 is 1.57. The third-order valence-electron chi connectivity index (χ3n) is 4.66. The fourth-order valence-electron chi connectivity index (χ4n) is 3.19. The van der Waals surface area contributed by atoms with Crippen molar-refractivity contribution in [3.63, 3.8) is 0 Å². The Morgan fingerprint density at radius 1 is 1.32 bits per heavy atom. The number of hydrogen-bond donors (Lipinski definition) is 1. The summed E-state index contributed by atoms with van der Waals surface area (Å²) in [5, 5.41) is 3.10. The molecule has 1 unspecified atom stereocenters. The Morgan fingerprint density at radius 2 is 2.08 bits per heavy atom. The highest BCUT2D eigenvalue weighted by Crippen LogP contribution is 2.25. The van der Waals surface area contributed by atoms with Gasteiger partial charge < -0.3 is 14.5 Å². The number of nitrogens with zero attached hydrogens (tertiary/aromatic N) is 1. The van der Waals surface area contributed by atoms with E-state index in [9.17, 15) is 4.79 Å². The van der Waals surface area contributed by atoms with Gasteiger partial charge in [0.2, 0.25) is 0 Å². The van der Waals surface area contributed by atoms with Gasteiger partial charge in [-0.15, -0.1) is 11.3 Å². The van der Waals surface area contributed by atoms with Crippen LogP contribution in [0.4, 0.5) is 0 Å². The summed E-state index contributed by atoms with van der Waals surface area (Å²) in [6.45, 7) is 9.79. The smallest absolute Gasteiger partial charge is 0.261 e. The number of aryl methyl sites for hydroxylation is 3. The summed E-state index contributed by atoms with van der Waals surface area (Å²) in [7, 11) is 0. The van der Waals surface area contributed by atoms with Crippen molar-refractivity contribution in [3.05, 3.63) is 45.0 Å². The molecule has 2 aromatic rings. The molecular weight excluding hydrogens is 336 g/mol. The largest absolute Gasteiger partial charge is 0.465 e. The molecule has 25 heavy (non-hydrogen) atoms. The minimum atomic E-state index is -0.00524. The number of nitrogens with one attached hydrogen (secondary N) is 1. The average molecular weight is 362 g/mol. The SMILES string of the molecule is CCc1cc(C(=O)NCC(c2ccc(C)o2)N2CCOCC2)sc1C. The Hall–Kier alpha value is -1.63. The van der Waals surface area contributed by atoms with Gasteiger partial charge in [0.05, 0.1) is 24.1 Å². The number of ether oxygens (including phenoxy) is 1. The predicted molar refractivity (Wildman–Crippen MR) is 99.3 cm³/mol. The molecule has 1 N–H and O–H groups in total. The van der Waals surface area contributed by atoms with E-state index in [2.05, 4.69) is 24.1 Å². The Kier molecular flexibility index (Phi) is 5.93. The average Bonchev–Trinajstić information content (AvgIpc) is 3.21. The summed E-state index contributed by atoms with van der Waals surface area (Å²) in [6.07, 6.45) is 0.956. The van der Waals surface area contributed by atoms with Crippen LogP contribution in [0.15, 0.2) is 22.6 Å². The van der Waals surface area contributed by atoms with Crippen LogP contribution < -0.4 is 5.32 Å². The number of amides is 1. The number of morpholine rings is 1. The topological polar surface area (TPSA) is 54.7 Å². The molecule has 3 rings (SSSR count). The molecule has 1 saturated heterocycles. The lowest BCUT2D eigenvalue weighted by Crippen LogP contribution is -2.43. The van der Waals surface area contributed by atoms with E-state index >= 15 is 0 Å². The maximum Gasteiger partial charge on any atom is 0.261 e. The predicted octanol–water partition coefficient (Wildman–Crippen LogP) is 3.32. The van der Waals surface area contributed by atoms with Gasteiger partial charge in [-0.25, -0.2) is 0 Å². The second-order valence-electron chi connectivity index (χ2n) is 6.37. The zero-order valence-electron chi connectivity index (χ0n) is 15.1. The molecule has 0 aromatic carbocycles. The number of carbonyl (C=O) groups excluding carboxylic acids is 1. The summed E-state index contributed by atoms with van der Waals surface area (Å²) < 4.78 is 11.3. The molecule has 6 heteroatoms. The minimum Gasteiger partial charge on any atom is -0.465 e. The number of thiophene rings is 1. The highest BCUT2D eigenvalue weighted by atomic mass is 32.1. The number of carbonyl (C=O) groups is 1. The lowest BCUT2D eigenvalue weighted by molar-refractivity contribution is 0.0117. The maximum absolute atomic E-state index is 12.6. The molecule has 1 atom stereocenters. The Balaban J connectivity index is 1.70. The van der Waals surface area contributed by atoms with Gasteiger partial charge in [-0.2, -0.15) is 0 Å². The number of furan rings is 1. The molecule has 136 valence electrons. The van der Waals surface area contributed by atoms with Crippen LogP contribution in [0, 0.1) is 13.8 Å². The minimum absolute atomic E-state index is 0.00524. The van der Waals surface area contributed by atoms with Gasteiger partial charge in [-0.3, -0.25) is 9.69 Å². The molecule has 2 aromatic heterocycles. The van der Waals surface area contributed by atoms with Gasteiger partial charge in [0.15, 0.2) is 0 Å². The molecule has 1 aliphatic heterocycles. The van der Waals surface area contributed by atoms with Crippen molar-refractivity contribution < 1.29 is 13.9 Å². The van der Waals surface area contributed by atoms with E-state index in [1.807, 2.05) is 25.1 Å². The van der Waals surface area contributed by atoms with E-state index < -0.39 is 0 Å². The highest BCUT2D eigenvalue weighted by molar-refractivity contribution is 7.14. The van der Waals surface area contributed by atoms with Gasteiger partial charge in [-0.05, 0) is 44.0 Å². The fourth-order valence-corrected chi connectivity index (χ4v) is 4.22. The van der Waals surface area contributed by atoms with Gasteiger partial charge >= 0.3 is 0 Å². The summed E-state index contributed by atoms with van der Waals surface area (Å²) in [4.78, 5) is 16.9. The molecule has 1 fully saturated rings. The molecule has 0 aliphatic carbocycles. The lowest BCUT2D eigenvalue weighted by Gasteiger charge is -2.33. The normalized spacial score (nSPS) is 16.8. The first-order valence-electron chi connectivity index (χ1n) is 8.84. The molecule has 1 aliphatic rings. The first-order valence-corrected chi connectivity index (χ1v) is 9.65. The van der Waals surface area contributed by atoms with Crippen molar-refractivity contribution in [2.45, 2.75) is 33.2 Å². The monoisotopic (exact) mass is 362 g/mol. The molecule has 3 heterocycles. The second kappa shape index (κ2) is 8.17. The van der Waals surface area contributed by atoms with Crippen LogP contribution in [0.5, 0.6) is 0 Å². The molecule has 5 nitrogen and oxygen atoms in total. The second-order valence-corrected chi connectivity index (χ2v) is 7.62. The number of hydrogen-bond acceptors (Lipinski definition) is 5. The van der Waals surface area contributed by atoms with Gasteiger partial charge in [0.1, 0.15) is 11.5 Å². The quantitative estimate of drug-likeness (QED) is 0.856. The van der Waals surface area contributed by atoms with Crippen LogP contribution in [-0.2, 0) is 11.2 Å². The van der Waals surface area contributed by atoms with Gasteiger partial charge in [0.25, 0.3) is 5.91 Å². The molecule has 0 spiro atoms. The van der Waals surface area contributed by atoms with Crippen molar-refractivity contribution in [2.75, 3.05) is 32.8 Å². The van der Waals surface area contributed by atoms with Crippen LogP contribution in [0.3, 0.4) is 0 Å². The van der Waals surface area contributed by atoms with E-state index in [-0.39, 0.29) is 11.9 Å². The van der Waals surface area contributed by atoms with Crippen LogP contribution in [-0.4, -0.2) is 43.7 Å². The first kappa shape index (κ1) is 18.2. The van der Waals surface area contributed by atoms with Crippen LogP contribution in [0.1, 0.15) is 44.6 Å². The lowest BCUT2D eigenvalue weighted by atomic mass is 10.1. The van der Waals surface area contributed by atoms with E-state index in [0.717, 1.165) is 35.9 Å².